The summed E-state index contributed by atoms with van der Waals surface area (Å²) >= 11 is 0. The van der Waals surface area contributed by atoms with E-state index in [-0.39, 0.29) is 5.91 Å². The average Bonchev–Trinajstić information content (AvgIpc) is 2.56. The van der Waals surface area contributed by atoms with Gasteiger partial charge in [0, 0.05) is 35.1 Å². The number of hydrazone groups is 1. The van der Waals surface area contributed by atoms with Gasteiger partial charge >= 0.3 is 0 Å². The zero-order chi connectivity index (χ0) is 14.5. The van der Waals surface area contributed by atoms with Gasteiger partial charge in [0.1, 0.15) is 0 Å². The Bertz CT molecular complexity index is 794. The summed E-state index contributed by atoms with van der Waals surface area (Å²) in [6, 6.07) is 12.9. The van der Waals surface area contributed by atoms with Crippen LogP contribution in [0.15, 0.2) is 66.2 Å². The number of hydrogen-bond donors (Lipinski definition) is 1. The molecule has 0 spiro atoms. The highest BCUT2D eigenvalue weighted by Gasteiger charge is 2.02. The fourth-order valence-corrected chi connectivity index (χ4v) is 1.96. The maximum Gasteiger partial charge on any atom is 0.271 e. The summed E-state index contributed by atoms with van der Waals surface area (Å²) in [6.45, 7) is 0. The van der Waals surface area contributed by atoms with Crippen LogP contribution in [0.3, 0.4) is 0 Å². The van der Waals surface area contributed by atoms with Crippen LogP contribution in [-0.4, -0.2) is 22.1 Å². The van der Waals surface area contributed by atoms with Crippen molar-refractivity contribution < 1.29 is 4.79 Å². The monoisotopic (exact) mass is 276 g/mol. The molecule has 2 heterocycles. The molecule has 0 aliphatic rings. The first-order valence-electron chi connectivity index (χ1n) is 6.42. The van der Waals surface area contributed by atoms with Gasteiger partial charge in [0.25, 0.3) is 5.91 Å². The van der Waals surface area contributed by atoms with Crippen LogP contribution in [0.4, 0.5) is 0 Å². The zero-order valence-corrected chi connectivity index (χ0v) is 11.1. The first-order chi connectivity index (χ1) is 10.3. The first kappa shape index (κ1) is 12.9. The number of benzene rings is 1. The lowest BCUT2D eigenvalue weighted by Gasteiger charge is -2.01. The van der Waals surface area contributed by atoms with Crippen LogP contribution in [0.2, 0.25) is 0 Å². The molecule has 5 heteroatoms. The summed E-state index contributed by atoms with van der Waals surface area (Å²) in [5, 5.41) is 5.01. The Kier molecular flexibility index (Phi) is 3.64. The number of carbonyl (C=O) groups is 1. The molecule has 0 bridgehead atoms. The summed E-state index contributed by atoms with van der Waals surface area (Å²) < 4.78 is 0. The average molecular weight is 276 g/mol. The van der Waals surface area contributed by atoms with E-state index in [1.165, 1.54) is 0 Å². The van der Waals surface area contributed by atoms with Gasteiger partial charge in [0.15, 0.2) is 0 Å². The number of nitrogens with zero attached hydrogens (tertiary/aromatic N) is 3. The molecule has 3 rings (SSSR count). The van der Waals surface area contributed by atoms with E-state index in [9.17, 15) is 4.79 Å². The van der Waals surface area contributed by atoms with Crippen molar-refractivity contribution >= 4 is 23.0 Å². The maximum atomic E-state index is 11.8. The van der Waals surface area contributed by atoms with Gasteiger partial charge < -0.3 is 0 Å². The van der Waals surface area contributed by atoms with Gasteiger partial charge in [-0.05, 0) is 18.2 Å². The van der Waals surface area contributed by atoms with Crippen LogP contribution in [0, 0.1) is 0 Å². The Morgan fingerprint density at radius 2 is 1.86 bits per heavy atom. The normalized spacial score (nSPS) is 10.9. The molecular weight excluding hydrogens is 264 g/mol. The third-order valence-corrected chi connectivity index (χ3v) is 2.98. The molecule has 1 aromatic carbocycles. The van der Waals surface area contributed by atoms with Gasteiger partial charge in [-0.25, -0.2) is 5.43 Å². The Balaban J connectivity index is 1.78. The molecule has 1 N–H and O–H groups in total. The third kappa shape index (κ3) is 2.92. The Morgan fingerprint density at radius 3 is 2.71 bits per heavy atom. The fraction of sp³-hybridized carbons (Fsp3) is 0. The maximum absolute atomic E-state index is 11.8. The highest BCUT2D eigenvalue weighted by atomic mass is 16.2. The molecule has 0 radical (unpaired) electrons. The first-order valence-corrected chi connectivity index (χ1v) is 6.42. The van der Waals surface area contributed by atoms with Crippen LogP contribution in [0.5, 0.6) is 0 Å². The van der Waals surface area contributed by atoms with Crippen LogP contribution >= 0.6 is 0 Å². The lowest BCUT2D eigenvalue weighted by atomic mass is 10.1. The second kappa shape index (κ2) is 5.92. The Morgan fingerprint density at radius 1 is 1.05 bits per heavy atom. The van der Waals surface area contributed by atoms with Gasteiger partial charge in [0.2, 0.25) is 0 Å². The Labute approximate surface area is 121 Å². The molecule has 0 saturated carbocycles. The van der Waals surface area contributed by atoms with E-state index in [4.69, 9.17) is 0 Å². The number of pyridine rings is 2. The summed E-state index contributed by atoms with van der Waals surface area (Å²) in [4.78, 5) is 20.0. The molecule has 1 amide bonds. The number of para-hydroxylation sites is 1. The molecule has 0 fully saturated rings. The summed E-state index contributed by atoms with van der Waals surface area (Å²) in [5.74, 6) is -0.276. The van der Waals surface area contributed by atoms with Gasteiger partial charge in [-0.1, -0.05) is 24.3 Å². The van der Waals surface area contributed by atoms with Crippen molar-refractivity contribution in [1.82, 2.24) is 15.4 Å². The smallest absolute Gasteiger partial charge is 0.267 e. The van der Waals surface area contributed by atoms with Crippen LogP contribution in [0.25, 0.3) is 10.9 Å². The lowest BCUT2D eigenvalue weighted by Crippen LogP contribution is -2.17. The van der Waals surface area contributed by atoms with Crippen molar-refractivity contribution in [2.24, 2.45) is 5.10 Å². The summed E-state index contributed by atoms with van der Waals surface area (Å²) in [6.07, 6.45) is 6.45. The number of carbonyl (C=O) groups excluding carboxylic acids is 1. The van der Waals surface area contributed by atoms with Gasteiger partial charge in [0.05, 0.1) is 11.7 Å². The van der Waals surface area contributed by atoms with Crippen LogP contribution < -0.4 is 5.43 Å². The van der Waals surface area contributed by atoms with Crippen LogP contribution in [-0.2, 0) is 0 Å². The van der Waals surface area contributed by atoms with Crippen LogP contribution in [0.1, 0.15) is 15.9 Å². The zero-order valence-electron chi connectivity index (χ0n) is 11.1. The number of nitrogens with one attached hydrogen (secondary N) is 1. The highest BCUT2D eigenvalue weighted by molar-refractivity contribution is 5.98. The third-order valence-electron chi connectivity index (χ3n) is 2.98. The summed E-state index contributed by atoms with van der Waals surface area (Å²) in [7, 11) is 0. The largest absolute Gasteiger partial charge is 0.271 e. The van der Waals surface area contributed by atoms with E-state index >= 15 is 0 Å². The predicted octanol–water partition coefficient (Wildman–Crippen LogP) is 2.39. The van der Waals surface area contributed by atoms with E-state index in [1.807, 2.05) is 30.3 Å². The number of rotatable bonds is 3. The molecule has 0 atom stereocenters. The standard InChI is InChI=1S/C16H12N4O/c21-16(13-6-9-17-10-7-13)20-19-11-14-4-1-3-12-5-2-8-18-15(12)14/h1-11H,(H,20,21)/b19-11-. The topological polar surface area (TPSA) is 67.2 Å². The molecular formula is C16H12N4O. The molecule has 2 aromatic heterocycles. The quantitative estimate of drug-likeness (QED) is 0.590. The van der Waals surface area contributed by atoms with E-state index < -0.39 is 0 Å². The minimum absolute atomic E-state index is 0.276. The predicted molar refractivity (Wildman–Crippen MR) is 81.0 cm³/mol. The van der Waals surface area contributed by atoms with Crippen molar-refractivity contribution in [1.29, 1.82) is 0 Å². The van der Waals surface area contributed by atoms with E-state index in [1.54, 1.807) is 36.9 Å². The molecule has 0 aliphatic carbocycles. The lowest BCUT2D eigenvalue weighted by molar-refractivity contribution is 0.0955. The number of amides is 1. The van der Waals surface area contributed by atoms with Crippen molar-refractivity contribution in [3.05, 3.63) is 72.2 Å². The molecule has 3 aromatic rings. The van der Waals surface area contributed by atoms with Crippen molar-refractivity contribution in [3.8, 4) is 0 Å². The second-order valence-corrected chi connectivity index (χ2v) is 4.36. The minimum Gasteiger partial charge on any atom is -0.267 e. The van der Waals surface area contributed by atoms with E-state index in [0.717, 1.165) is 16.5 Å². The molecule has 21 heavy (non-hydrogen) atoms. The van der Waals surface area contributed by atoms with Crippen molar-refractivity contribution in [3.63, 3.8) is 0 Å². The van der Waals surface area contributed by atoms with Gasteiger partial charge in [-0.15, -0.1) is 0 Å². The Hall–Kier alpha value is -3.08. The van der Waals surface area contributed by atoms with Crippen molar-refractivity contribution in [2.45, 2.75) is 0 Å². The number of hydrogen-bond acceptors (Lipinski definition) is 4. The minimum atomic E-state index is -0.276. The number of aromatic nitrogens is 2. The molecule has 5 nitrogen and oxygen atoms in total. The molecule has 0 unspecified atom stereocenters. The molecule has 102 valence electrons. The second-order valence-electron chi connectivity index (χ2n) is 4.36. The highest BCUT2D eigenvalue weighted by Crippen LogP contribution is 2.13. The van der Waals surface area contributed by atoms with Gasteiger partial charge in [-0.3, -0.25) is 14.8 Å². The van der Waals surface area contributed by atoms with Gasteiger partial charge in [-0.2, -0.15) is 5.10 Å². The van der Waals surface area contributed by atoms with E-state index in [0.29, 0.717) is 5.56 Å². The molecule has 0 aliphatic heterocycles. The summed E-state index contributed by atoms with van der Waals surface area (Å²) in [5.41, 5.74) is 4.70. The van der Waals surface area contributed by atoms with Crippen molar-refractivity contribution in [2.75, 3.05) is 0 Å². The number of fused-ring (bicyclic) bond motifs is 1. The SMILES string of the molecule is O=C(N/N=C\c1cccc2cccnc12)c1ccncc1. The molecule has 0 saturated heterocycles. The fourth-order valence-electron chi connectivity index (χ4n) is 1.96. The van der Waals surface area contributed by atoms with E-state index in [2.05, 4.69) is 20.5 Å².